The number of hydrogen-bond donors (Lipinski definition) is 0. The van der Waals surface area contributed by atoms with Gasteiger partial charge in [0.1, 0.15) is 6.04 Å². The molecule has 1 aromatic rings. The first-order valence-corrected chi connectivity index (χ1v) is 7.12. The Morgan fingerprint density at radius 1 is 1.53 bits per heavy atom. The van der Waals surface area contributed by atoms with Crippen molar-refractivity contribution >= 4 is 29.3 Å². The lowest BCUT2D eigenvalue weighted by Gasteiger charge is -2.20. The number of likely N-dealkylation sites (tertiary alicyclic amines) is 1. The molecular formula is C14H17NO3S. The summed E-state index contributed by atoms with van der Waals surface area (Å²) in [7, 11) is 1.36. The van der Waals surface area contributed by atoms with Crippen LogP contribution in [0.2, 0.25) is 0 Å². The maximum absolute atomic E-state index is 12.1. The molecule has 1 aliphatic heterocycles. The van der Waals surface area contributed by atoms with Gasteiger partial charge in [0.15, 0.2) is 0 Å². The van der Waals surface area contributed by atoms with Crippen molar-refractivity contribution in [1.82, 2.24) is 4.90 Å². The maximum Gasteiger partial charge on any atom is 0.328 e. The number of ether oxygens (including phenoxy) is 1. The topological polar surface area (TPSA) is 46.6 Å². The second kappa shape index (κ2) is 6.02. The summed E-state index contributed by atoms with van der Waals surface area (Å²) in [6.45, 7) is 2.63. The predicted octanol–water partition coefficient (Wildman–Crippen LogP) is 2.23. The van der Waals surface area contributed by atoms with E-state index >= 15 is 0 Å². The Balaban J connectivity index is 2.05. The summed E-state index contributed by atoms with van der Waals surface area (Å²) in [5, 5.41) is 1.99. The van der Waals surface area contributed by atoms with Gasteiger partial charge in [-0.1, -0.05) is 0 Å². The monoisotopic (exact) mass is 279 g/mol. The Bertz CT molecular complexity index is 507. The van der Waals surface area contributed by atoms with Crippen LogP contribution in [0.4, 0.5) is 0 Å². The molecule has 2 rings (SSSR count). The summed E-state index contributed by atoms with van der Waals surface area (Å²) in [4.78, 5) is 26.4. The highest BCUT2D eigenvalue weighted by molar-refractivity contribution is 7.11. The SMILES string of the molecule is COC(=O)C1CCCN1C(=O)/C=C/c1sccc1C. The number of nitrogens with zero attached hydrogens (tertiary/aromatic N) is 1. The number of hydrogen-bond acceptors (Lipinski definition) is 4. The third kappa shape index (κ3) is 3.04. The molecule has 102 valence electrons. The number of carbonyl (C=O) groups is 2. The fourth-order valence-corrected chi connectivity index (χ4v) is 3.03. The van der Waals surface area contributed by atoms with E-state index in [1.807, 2.05) is 24.4 Å². The lowest BCUT2D eigenvalue weighted by atomic mass is 10.2. The number of methoxy groups -OCH3 is 1. The van der Waals surface area contributed by atoms with E-state index in [0.29, 0.717) is 13.0 Å². The minimum Gasteiger partial charge on any atom is -0.467 e. The van der Waals surface area contributed by atoms with Crippen LogP contribution >= 0.6 is 11.3 Å². The van der Waals surface area contributed by atoms with Crippen LogP contribution in [0.15, 0.2) is 17.5 Å². The van der Waals surface area contributed by atoms with Crippen LogP contribution in [0.5, 0.6) is 0 Å². The molecule has 2 heterocycles. The Kier molecular flexibility index (Phi) is 4.37. The third-order valence-electron chi connectivity index (χ3n) is 3.29. The molecule has 4 nitrogen and oxygen atoms in total. The van der Waals surface area contributed by atoms with Gasteiger partial charge in [-0.15, -0.1) is 11.3 Å². The average Bonchev–Trinajstić information content (AvgIpc) is 3.04. The van der Waals surface area contributed by atoms with Gasteiger partial charge in [-0.05, 0) is 42.9 Å². The highest BCUT2D eigenvalue weighted by Crippen LogP contribution is 2.20. The largest absolute Gasteiger partial charge is 0.467 e. The minimum absolute atomic E-state index is 0.124. The number of esters is 1. The lowest BCUT2D eigenvalue weighted by Crippen LogP contribution is -2.40. The third-order valence-corrected chi connectivity index (χ3v) is 4.27. The van der Waals surface area contributed by atoms with Gasteiger partial charge in [-0.25, -0.2) is 4.79 Å². The van der Waals surface area contributed by atoms with Gasteiger partial charge >= 0.3 is 5.97 Å². The van der Waals surface area contributed by atoms with Crippen molar-refractivity contribution in [3.63, 3.8) is 0 Å². The van der Waals surface area contributed by atoms with Crippen molar-refractivity contribution in [2.45, 2.75) is 25.8 Å². The molecule has 0 aliphatic carbocycles. The molecule has 5 heteroatoms. The van der Waals surface area contributed by atoms with Crippen molar-refractivity contribution in [1.29, 1.82) is 0 Å². The summed E-state index contributed by atoms with van der Waals surface area (Å²) >= 11 is 1.60. The summed E-state index contributed by atoms with van der Waals surface area (Å²) in [5.74, 6) is -0.452. The first kappa shape index (κ1) is 13.8. The zero-order valence-electron chi connectivity index (χ0n) is 11.1. The molecule has 1 fully saturated rings. The molecule has 19 heavy (non-hydrogen) atoms. The number of aryl methyl sites for hydroxylation is 1. The molecule has 0 N–H and O–H groups in total. The summed E-state index contributed by atoms with van der Waals surface area (Å²) in [6.07, 6.45) is 4.89. The van der Waals surface area contributed by atoms with Crippen molar-refractivity contribution in [2.24, 2.45) is 0 Å². The van der Waals surface area contributed by atoms with E-state index < -0.39 is 6.04 Å². The fourth-order valence-electron chi connectivity index (χ4n) is 2.21. The van der Waals surface area contributed by atoms with E-state index in [1.165, 1.54) is 7.11 Å². The summed E-state index contributed by atoms with van der Waals surface area (Å²) in [6, 6.07) is 1.59. The minimum atomic E-state index is -0.424. The molecule has 1 atom stereocenters. The van der Waals surface area contributed by atoms with Crippen molar-refractivity contribution in [3.8, 4) is 0 Å². The van der Waals surface area contributed by atoms with Crippen LogP contribution in [0, 0.1) is 6.92 Å². The standard InChI is InChI=1S/C14H17NO3S/c1-10-7-9-19-12(10)5-6-13(16)15-8-3-4-11(15)14(17)18-2/h5-7,9,11H,3-4,8H2,1-2H3/b6-5+. The normalized spacial score (nSPS) is 19.1. The van der Waals surface area contributed by atoms with Crippen LogP contribution in [-0.4, -0.2) is 36.5 Å². The van der Waals surface area contributed by atoms with Gasteiger partial charge in [0.05, 0.1) is 7.11 Å². The van der Waals surface area contributed by atoms with Crippen LogP contribution in [-0.2, 0) is 14.3 Å². The number of carbonyl (C=O) groups excluding carboxylic acids is 2. The van der Waals surface area contributed by atoms with Gasteiger partial charge in [0, 0.05) is 17.5 Å². The second-order valence-electron chi connectivity index (χ2n) is 4.51. The number of rotatable bonds is 3. The predicted molar refractivity (Wildman–Crippen MR) is 74.8 cm³/mol. The fraction of sp³-hybridized carbons (Fsp3) is 0.429. The number of thiophene rings is 1. The van der Waals surface area contributed by atoms with Crippen LogP contribution in [0.1, 0.15) is 23.3 Å². The van der Waals surface area contributed by atoms with E-state index in [-0.39, 0.29) is 11.9 Å². The van der Waals surface area contributed by atoms with Crippen LogP contribution < -0.4 is 0 Å². The molecular weight excluding hydrogens is 262 g/mol. The zero-order chi connectivity index (χ0) is 13.8. The van der Waals surface area contributed by atoms with Gasteiger partial charge in [-0.3, -0.25) is 4.79 Å². The number of amides is 1. The Morgan fingerprint density at radius 2 is 2.32 bits per heavy atom. The van der Waals surface area contributed by atoms with Crippen LogP contribution in [0.3, 0.4) is 0 Å². The zero-order valence-corrected chi connectivity index (χ0v) is 11.9. The van der Waals surface area contributed by atoms with Gasteiger partial charge in [0.2, 0.25) is 5.91 Å². The van der Waals surface area contributed by atoms with Crippen LogP contribution in [0.25, 0.3) is 6.08 Å². The molecule has 0 bridgehead atoms. The Labute approximate surface area is 116 Å². The molecule has 0 spiro atoms. The molecule has 1 saturated heterocycles. The van der Waals surface area contributed by atoms with Gasteiger partial charge in [-0.2, -0.15) is 0 Å². The first-order valence-electron chi connectivity index (χ1n) is 6.24. The van der Waals surface area contributed by atoms with E-state index in [0.717, 1.165) is 16.9 Å². The molecule has 1 aliphatic rings. The highest BCUT2D eigenvalue weighted by atomic mass is 32.1. The molecule has 0 radical (unpaired) electrons. The van der Waals surface area contributed by atoms with Crippen molar-refractivity contribution in [2.75, 3.05) is 13.7 Å². The quantitative estimate of drug-likeness (QED) is 0.629. The van der Waals surface area contributed by atoms with Crippen molar-refractivity contribution < 1.29 is 14.3 Å². The molecule has 0 aromatic carbocycles. The Morgan fingerprint density at radius 3 is 2.95 bits per heavy atom. The highest BCUT2D eigenvalue weighted by Gasteiger charge is 2.33. The lowest BCUT2D eigenvalue weighted by molar-refractivity contribution is -0.149. The second-order valence-corrected chi connectivity index (χ2v) is 5.46. The van der Waals surface area contributed by atoms with E-state index in [9.17, 15) is 9.59 Å². The Hall–Kier alpha value is -1.62. The van der Waals surface area contributed by atoms with Gasteiger partial charge < -0.3 is 9.64 Å². The average molecular weight is 279 g/mol. The molecule has 1 aromatic heterocycles. The molecule has 1 amide bonds. The smallest absolute Gasteiger partial charge is 0.328 e. The first-order chi connectivity index (χ1) is 9.13. The maximum atomic E-state index is 12.1. The molecule has 0 saturated carbocycles. The van der Waals surface area contributed by atoms with E-state index in [4.69, 9.17) is 4.74 Å². The molecule has 1 unspecified atom stereocenters. The van der Waals surface area contributed by atoms with Gasteiger partial charge in [0.25, 0.3) is 0 Å². The van der Waals surface area contributed by atoms with Crippen molar-refractivity contribution in [3.05, 3.63) is 28.0 Å². The van der Waals surface area contributed by atoms with E-state index in [1.54, 1.807) is 22.3 Å². The summed E-state index contributed by atoms with van der Waals surface area (Å²) < 4.78 is 4.73. The summed E-state index contributed by atoms with van der Waals surface area (Å²) in [5.41, 5.74) is 1.15. The van der Waals surface area contributed by atoms with E-state index in [2.05, 4.69) is 0 Å².